The Kier molecular flexibility index (Phi) is 2.36. The van der Waals surface area contributed by atoms with E-state index in [4.69, 9.17) is 10.00 Å². The van der Waals surface area contributed by atoms with Crippen molar-refractivity contribution in [3.8, 4) is 11.8 Å². The van der Waals surface area contributed by atoms with Gasteiger partial charge < -0.3 is 4.74 Å². The van der Waals surface area contributed by atoms with Crippen molar-refractivity contribution in [3.63, 3.8) is 0 Å². The maximum Gasteiger partial charge on any atom is 0.182 e. The first kappa shape index (κ1) is 9.01. The van der Waals surface area contributed by atoms with E-state index >= 15 is 0 Å². The molecule has 0 bridgehead atoms. The van der Waals surface area contributed by atoms with Crippen molar-refractivity contribution in [2.45, 2.75) is 12.8 Å². The van der Waals surface area contributed by atoms with Crippen LogP contribution in [0.25, 0.3) is 0 Å². The molecule has 1 aliphatic rings. The molecule has 2 rings (SSSR count). The van der Waals surface area contributed by atoms with Crippen LogP contribution < -0.4 is 4.74 Å². The summed E-state index contributed by atoms with van der Waals surface area (Å²) in [6.07, 6.45) is 2.33. The van der Waals surface area contributed by atoms with Crippen LogP contribution in [0.15, 0.2) is 18.2 Å². The maximum atomic E-state index is 13.4. The number of rotatable bonds is 3. The summed E-state index contributed by atoms with van der Waals surface area (Å²) < 4.78 is 18.7. The number of ether oxygens (including phenoxy) is 1. The molecule has 1 aromatic carbocycles. The lowest BCUT2D eigenvalue weighted by molar-refractivity contribution is 0.285. The standard InChI is InChI=1S/C11H10FNO/c12-11-9(6-13)2-1-3-10(11)14-7-8-4-5-8/h1-3,8H,4-5,7H2. The van der Waals surface area contributed by atoms with Crippen LogP contribution in [0.5, 0.6) is 5.75 Å². The average Bonchev–Trinajstić information content (AvgIpc) is 3.00. The Morgan fingerprint density at radius 1 is 1.50 bits per heavy atom. The summed E-state index contributed by atoms with van der Waals surface area (Å²) in [5.41, 5.74) is 0.0401. The topological polar surface area (TPSA) is 33.0 Å². The fourth-order valence-corrected chi connectivity index (χ4v) is 1.20. The molecular weight excluding hydrogens is 181 g/mol. The zero-order valence-electron chi connectivity index (χ0n) is 7.66. The highest BCUT2D eigenvalue weighted by Gasteiger charge is 2.22. The molecule has 0 aliphatic heterocycles. The van der Waals surface area contributed by atoms with Crippen LogP contribution in [-0.4, -0.2) is 6.61 Å². The second kappa shape index (κ2) is 3.67. The van der Waals surface area contributed by atoms with E-state index in [1.807, 2.05) is 0 Å². The summed E-state index contributed by atoms with van der Waals surface area (Å²) >= 11 is 0. The van der Waals surface area contributed by atoms with E-state index in [0.29, 0.717) is 12.5 Å². The van der Waals surface area contributed by atoms with Crippen molar-refractivity contribution in [1.29, 1.82) is 5.26 Å². The number of nitrogens with zero attached hydrogens (tertiary/aromatic N) is 1. The molecule has 0 N–H and O–H groups in total. The van der Waals surface area contributed by atoms with Gasteiger partial charge in [-0.15, -0.1) is 0 Å². The molecule has 0 radical (unpaired) electrons. The number of benzene rings is 1. The van der Waals surface area contributed by atoms with Gasteiger partial charge in [0.2, 0.25) is 0 Å². The van der Waals surface area contributed by atoms with Crippen LogP contribution in [0.3, 0.4) is 0 Å². The van der Waals surface area contributed by atoms with Gasteiger partial charge in [0.1, 0.15) is 6.07 Å². The van der Waals surface area contributed by atoms with Crippen LogP contribution in [0.4, 0.5) is 4.39 Å². The number of hydrogen-bond acceptors (Lipinski definition) is 2. The van der Waals surface area contributed by atoms with E-state index in [0.717, 1.165) is 0 Å². The van der Waals surface area contributed by atoms with E-state index in [2.05, 4.69) is 0 Å². The highest BCUT2D eigenvalue weighted by atomic mass is 19.1. The maximum absolute atomic E-state index is 13.4. The molecule has 1 fully saturated rings. The molecule has 0 saturated heterocycles. The highest BCUT2D eigenvalue weighted by Crippen LogP contribution is 2.30. The van der Waals surface area contributed by atoms with Crippen LogP contribution in [0, 0.1) is 23.1 Å². The predicted molar refractivity (Wildman–Crippen MR) is 49.3 cm³/mol. The molecule has 0 atom stereocenters. The Morgan fingerprint density at radius 3 is 2.93 bits per heavy atom. The smallest absolute Gasteiger partial charge is 0.182 e. The van der Waals surface area contributed by atoms with Gasteiger partial charge in [-0.05, 0) is 30.9 Å². The van der Waals surface area contributed by atoms with Crippen LogP contribution >= 0.6 is 0 Å². The minimum atomic E-state index is -0.546. The minimum absolute atomic E-state index is 0.0401. The molecule has 1 aromatic rings. The minimum Gasteiger partial charge on any atom is -0.490 e. The largest absolute Gasteiger partial charge is 0.490 e. The fourth-order valence-electron chi connectivity index (χ4n) is 1.20. The van der Waals surface area contributed by atoms with Crippen molar-refractivity contribution in [3.05, 3.63) is 29.6 Å². The normalized spacial score (nSPS) is 14.9. The summed E-state index contributed by atoms with van der Waals surface area (Å²) in [5, 5.41) is 8.59. The van der Waals surface area contributed by atoms with E-state index < -0.39 is 5.82 Å². The lowest BCUT2D eigenvalue weighted by Gasteiger charge is -2.06. The molecule has 0 spiro atoms. The molecule has 1 saturated carbocycles. The second-order valence-corrected chi connectivity index (χ2v) is 3.48. The van der Waals surface area contributed by atoms with Gasteiger partial charge in [-0.1, -0.05) is 6.07 Å². The molecule has 0 aromatic heterocycles. The number of nitriles is 1. The molecule has 0 heterocycles. The summed E-state index contributed by atoms with van der Waals surface area (Å²) in [6.45, 7) is 0.561. The first-order valence-corrected chi connectivity index (χ1v) is 4.62. The van der Waals surface area contributed by atoms with Gasteiger partial charge in [0.25, 0.3) is 0 Å². The van der Waals surface area contributed by atoms with Gasteiger partial charge in [-0.2, -0.15) is 5.26 Å². The lowest BCUT2D eigenvalue weighted by atomic mass is 10.2. The Labute approximate surface area is 81.9 Å². The fraction of sp³-hybridized carbons (Fsp3) is 0.364. The zero-order chi connectivity index (χ0) is 9.97. The third kappa shape index (κ3) is 1.85. The molecule has 0 amide bonds. The number of halogens is 1. The van der Waals surface area contributed by atoms with E-state index in [1.54, 1.807) is 18.2 Å². The van der Waals surface area contributed by atoms with Crippen LogP contribution in [-0.2, 0) is 0 Å². The Hall–Kier alpha value is -1.56. The van der Waals surface area contributed by atoms with Gasteiger partial charge in [0.15, 0.2) is 11.6 Å². The summed E-state index contributed by atoms with van der Waals surface area (Å²) in [7, 11) is 0. The molecule has 2 nitrogen and oxygen atoms in total. The third-order valence-electron chi connectivity index (χ3n) is 2.26. The molecule has 14 heavy (non-hydrogen) atoms. The monoisotopic (exact) mass is 191 g/mol. The Bertz CT molecular complexity index is 379. The SMILES string of the molecule is N#Cc1cccc(OCC2CC2)c1F. The van der Waals surface area contributed by atoms with Crippen molar-refractivity contribution in [2.75, 3.05) is 6.61 Å². The lowest BCUT2D eigenvalue weighted by Crippen LogP contribution is -2.01. The van der Waals surface area contributed by atoms with Gasteiger partial charge in [0, 0.05) is 0 Å². The van der Waals surface area contributed by atoms with Gasteiger partial charge in [-0.25, -0.2) is 4.39 Å². The van der Waals surface area contributed by atoms with Gasteiger partial charge in [0.05, 0.1) is 12.2 Å². The zero-order valence-corrected chi connectivity index (χ0v) is 7.66. The Balaban J connectivity index is 2.11. The van der Waals surface area contributed by atoms with Crippen molar-refractivity contribution in [2.24, 2.45) is 5.92 Å². The quantitative estimate of drug-likeness (QED) is 0.735. The van der Waals surface area contributed by atoms with E-state index in [9.17, 15) is 4.39 Å². The second-order valence-electron chi connectivity index (χ2n) is 3.48. The van der Waals surface area contributed by atoms with Crippen molar-refractivity contribution in [1.82, 2.24) is 0 Å². The Morgan fingerprint density at radius 2 is 2.29 bits per heavy atom. The molecule has 0 unspecified atom stereocenters. The van der Waals surface area contributed by atoms with E-state index in [1.165, 1.54) is 18.9 Å². The highest BCUT2D eigenvalue weighted by molar-refractivity contribution is 5.38. The molecular formula is C11H10FNO. The molecule has 72 valence electrons. The van der Waals surface area contributed by atoms with Gasteiger partial charge in [-0.3, -0.25) is 0 Å². The van der Waals surface area contributed by atoms with Crippen molar-refractivity contribution < 1.29 is 9.13 Å². The average molecular weight is 191 g/mol. The van der Waals surface area contributed by atoms with Crippen LogP contribution in [0.1, 0.15) is 18.4 Å². The molecule has 3 heteroatoms. The van der Waals surface area contributed by atoms with E-state index in [-0.39, 0.29) is 11.3 Å². The van der Waals surface area contributed by atoms with Crippen LogP contribution in [0.2, 0.25) is 0 Å². The third-order valence-corrected chi connectivity index (χ3v) is 2.26. The summed E-state index contributed by atoms with van der Waals surface area (Å²) in [6, 6.07) is 6.41. The predicted octanol–water partition coefficient (Wildman–Crippen LogP) is 2.49. The number of hydrogen-bond donors (Lipinski definition) is 0. The summed E-state index contributed by atoms with van der Waals surface area (Å²) in [5.74, 6) is 0.228. The first-order chi connectivity index (χ1) is 6.81. The van der Waals surface area contributed by atoms with Gasteiger partial charge >= 0.3 is 0 Å². The molecule has 1 aliphatic carbocycles. The first-order valence-electron chi connectivity index (χ1n) is 4.62. The summed E-state index contributed by atoms with van der Waals surface area (Å²) in [4.78, 5) is 0. The van der Waals surface area contributed by atoms with Crippen molar-refractivity contribution >= 4 is 0 Å².